The molecule has 0 aliphatic rings. The minimum absolute atomic E-state index is 0.00278. The number of hydrogen-bond acceptors (Lipinski definition) is 7. The second-order valence-electron chi connectivity index (χ2n) is 8.32. The summed E-state index contributed by atoms with van der Waals surface area (Å²) in [7, 11) is -3.81. The van der Waals surface area contributed by atoms with E-state index in [9.17, 15) is 23.6 Å². The van der Waals surface area contributed by atoms with Gasteiger partial charge in [-0.25, -0.2) is 13.1 Å². The molecule has 0 spiro atoms. The molecular weight excluding hydrogens is 480 g/mol. The van der Waals surface area contributed by atoms with Crippen molar-refractivity contribution in [2.45, 2.75) is 17.4 Å². The Hall–Kier alpha value is -3.70. The molecule has 0 aliphatic heterocycles. The van der Waals surface area contributed by atoms with Crippen molar-refractivity contribution < 1.29 is 18.4 Å². The number of nitro benzene ring substituents is 1. The van der Waals surface area contributed by atoms with Crippen LogP contribution in [0.2, 0.25) is 0 Å². The molecule has 1 aromatic heterocycles. The number of aliphatic hydroxyl groups excluding tert-OH is 1. The van der Waals surface area contributed by atoms with Gasteiger partial charge in [0.1, 0.15) is 0 Å². The summed E-state index contributed by atoms with van der Waals surface area (Å²) >= 11 is 0. The van der Waals surface area contributed by atoms with E-state index in [4.69, 9.17) is 0 Å². The van der Waals surface area contributed by atoms with Gasteiger partial charge in [-0.05, 0) is 41.3 Å². The predicted molar refractivity (Wildman–Crippen MR) is 138 cm³/mol. The van der Waals surface area contributed by atoms with E-state index in [0.717, 1.165) is 22.1 Å². The van der Waals surface area contributed by atoms with Gasteiger partial charge in [0.05, 0.1) is 15.9 Å². The van der Waals surface area contributed by atoms with Crippen molar-refractivity contribution in [2.75, 3.05) is 19.6 Å². The molecule has 9 nitrogen and oxygen atoms in total. The number of hydrogen-bond donors (Lipinski definition) is 3. The van der Waals surface area contributed by atoms with E-state index < -0.39 is 21.1 Å². The third kappa shape index (κ3) is 6.29. The molecule has 186 valence electrons. The topological polar surface area (TPSA) is 134 Å². The number of sulfonamides is 1. The molecule has 0 aliphatic carbocycles. The average Bonchev–Trinajstić information content (AvgIpc) is 2.88. The number of rotatable bonds is 11. The molecule has 1 unspecified atom stereocenters. The molecule has 10 heteroatoms. The average molecular weight is 507 g/mol. The van der Waals surface area contributed by atoms with Crippen molar-refractivity contribution in [1.29, 1.82) is 0 Å². The van der Waals surface area contributed by atoms with Gasteiger partial charge in [0.2, 0.25) is 10.0 Å². The Morgan fingerprint density at radius 3 is 2.44 bits per heavy atom. The molecule has 0 saturated heterocycles. The lowest BCUT2D eigenvalue weighted by atomic mass is 10.0. The minimum Gasteiger partial charge on any atom is -0.391 e. The summed E-state index contributed by atoms with van der Waals surface area (Å²) in [5.74, 6) is 0. The summed E-state index contributed by atoms with van der Waals surface area (Å²) in [5, 5.41) is 25.3. The Morgan fingerprint density at radius 2 is 1.72 bits per heavy atom. The Morgan fingerprint density at radius 1 is 0.972 bits per heavy atom. The molecule has 36 heavy (non-hydrogen) atoms. The van der Waals surface area contributed by atoms with Gasteiger partial charge in [-0.3, -0.25) is 15.1 Å². The fourth-order valence-electron chi connectivity index (χ4n) is 3.91. The Labute approximate surface area is 209 Å². The fourth-order valence-corrected chi connectivity index (χ4v) is 5.20. The van der Waals surface area contributed by atoms with Crippen LogP contribution >= 0.6 is 0 Å². The van der Waals surface area contributed by atoms with Crippen molar-refractivity contribution in [3.05, 3.63) is 101 Å². The van der Waals surface area contributed by atoms with Gasteiger partial charge in [-0.15, -0.1) is 0 Å². The number of fused-ring (bicyclic) bond motifs is 1. The smallest absolute Gasteiger partial charge is 0.269 e. The number of nitrogens with one attached hydrogen (secondary N) is 2. The number of benzene rings is 3. The molecular formula is C26H26N4O5S. The lowest BCUT2D eigenvalue weighted by molar-refractivity contribution is -0.384. The summed E-state index contributed by atoms with van der Waals surface area (Å²) in [4.78, 5) is 14.6. The number of nitrogens with zero attached hydrogens (tertiary/aromatic N) is 2. The van der Waals surface area contributed by atoms with Crippen LogP contribution in [0.1, 0.15) is 5.56 Å². The molecule has 4 rings (SSSR count). The third-order valence-corrected chi connectivity index (χ3v) is 7.20. The maximum Gasteiger partial charge on any atom is 0.269 e. The molecule has 3 aromatic carbocycles. The van der Waals surface area contributed by atoms with Gasteiger partial charge in [0, 0.05) is 54.9 Å². The van der Waals surface area contributed by atoms with Crippen LogP contribution in [0.5, 0.6) is 0 Å². The van der Waals surface area contributed by atoms with Crippen molar-refractivity contribution in [1.82, 2.24) is 15.0 Å². The van der Waals surface area contributed by atoms with Gasteiger partial charge >= 0.3 is 0 Å². The highest BCUT2D eigenvalue weighted by molar-refractivity contribution is 7.89. The first-order valence-corrected chi connectivity index (χ1v) is 12.9. The summed E-state index contributed by atoms with van der Waals surface area (Å²) in [6, 6.07) is 20.8. The molecule has 0 saturated carbocycles. The standard InChI is InChI=1S/C26H26N4O5S/c31-24(14-19-6-8-23(9-7-19)30(32)33)18-28-12-13-29-36(34,35)26-16-21(20-4-2-1-3-5-20)15-22-17-27-11-10-25(22)26/h1-11,15-17,24,28-29,31H,12-14,18H2. The van der Waals surface area contributed by atoms with Crippen LogP contribution in [-0.4, -0.2) is 49.2 Å². The maximum absolute atomic E-state index is 13.2. The van der Waals surface area contributed by atoms with Crippen molar-refractivity contribution in [2.24, 2.45) is 0 Å². The monoisotopic (exact) mass is 506 g/mol. The summed E-state index contributed by atoms with van der Waals surface area (Å²) in [6.45, 7) is 0.694. The number of pyridine rings is 1. The predicted octanol–water partition coefficient (Wildman–Crippen LogP) is 3.28. The third-order valence-electron chi connectivity index (χ3n) is 5.70. The van der Waals surface area contributed by atoms with E-state index in [1.807, 2.05) is 36.4 Å². The van der Waals surface area contributed by atoms with Crippen molar-refractivity contribution >= 4 is 26.5 Å². The maximum atomic E-state index is 13.2. The molecule has 0 amide bonds. The molecule has 4 aromatic rings. The Balaban J connectivity index is 1.36. The highest BCUT2D eigenvalue weighted by Crippen LogP contribution is 2.30. The van der Waals surface area contributed by atoms with Crippen molar-refractivity contribution in [3.8, 4) is 11.1 Å². The summed E-state index contributed by atoms with van der Waals surface area (Å²) < 4.78 is 29.0. The van der Waals surface area contributed by atoms with Crippen LogP contribution in [-0.2, 0) is 16.4 Å². The number of aliphatic hydroxyl groups is 1. The Kier molecular flexibility index (Phi) is 8.01. The zero-order chi connectivity index (χ0) is 25.5. The number of non-ortho nitro benzene ring substituents is 1. The normalized spacial score (nSPS) is 12.5. The van der Waals surface area contributed by atoms with Gasteiger partial charge in [0.25, 0.3) is 5.69 Å². The fraction of sp³-hybridized carbons (Fsp3) is 0.192. The minimum atomic E-state index is -3.81. The van der Waals surface area contributed by atoms with Gasteiger partial charge < -0.3 is 10.4 Å². The molecule has 0 bridgehead atoms. The first kappa shape index (κ1) is 25.4. The summed E-state index contributed by atoms with van der Waals surface area (Å²) in [5.41, 5.74) is 2.46. The van der Waals surface area contributed by atoms with E-state index in [0.29, 0.717) is 18.4 Å². The zero-order valence-corrected chi connectivity index (χ0v) is 20.2. The number of aromatic nitrogens is 1. The molecule has 0 radical (unpaired) electrons. The highest BCUT2D eigenvalue weighted by atomic mass is 32.2. The van der Waals surface area contributed by atoms with Crippen LogP contribution in [0.4, 0.5) is 5.69 Å². The summed E-state index contributed by atoms with van der Waals surface area (Å²) in [6.07, 6.45) is 2.82. The SMILES string of the molecule is O=[N+]([O-])c1ccc(CC(O)CNCCNS(=O)(=O)c2cc(-c3ccccc3)cc3cnccc23)cc1. The Bertz CT molecular complexity index is 1440. The molecule has 0 fully saturated rings. The second kappa shape index (κ2) is 11.4. The van der Waals surface area contributed by atoms with E-state index >= 15 is 0 Å². The highest BCUT2D eigenvalue weighted by Gasteiger charge is 2.19. The van der Waals surface area contributed by atoms with Crippen LogP contribution in [0.15, 0.2) is 90.1 Å². The number of nitro groups is 1. The van der Waals surface area contributed by atoms with Gasteiger partial charge in [-0.1, -0.05) is 42.5 Å². The largest absolute Gasteiger partial charge is 0.391 e. The van der Waals surface area contributed by atoms with Crippen LogP contribution in [0, 0.1) is 10.1 Å². The van der Waals surface area contributed by atoms with Gasteiger partial charge in [0.15, 0.2) is 0 Å². The van der Waals surface area contributed by atoms with Gasteiger partial charge in [-0.2, -0.15) is 0 Å². The first-order valence-electron chi connectivity index (χ1n) is 11.4. The van der Waals surface area contributed by atoms with Crippen LogP contribution < -0.4 is 10.0 Å². The van der Waals surface area contributed by atoms with E-state index in [1.54, 1.807) is 36.7 Å². The lowest BCUT2D eigenvalue weighted by Crippen LogP contribution is -2.35. The van der Waals surface area contributed by atoms with E-state index in [-0.39, 0.29) is 23.7 Å². The first-order chi connectivity index (χ1) is 17.3. The quantitative estimate of drug-likeness (QED) is 0.161. The zero-order valence-electron chi connectivity index (χ0n) is 19.4. The molecule has 1 atom stereocenters. The van der Waals surface area contributed by atoms with E-state index in [2.05, 4.69) is 15.0 Å². The van der Waals surface area contributed by atoms with Crippen LogP contribution in [0.25, 0.3) is 21.9 Å². The van der Waals surface area contributed by atoms with Crippen molar-refractivity contribution in [3.63, 3.8) is 0 Å². The molecule has 1 heterocycles. The second-order valence-corrected chi connectivity index (χ2v) is 10.1. The molecule has 3 N–H and O–H groups in total. The van der Waals surface area contributed by atoms with Crippen LogP contribution in [0.3, 0.4) is 0 Å². The lowest BCUT2D eigenvalue weighted by Gasteiger charge is -2.14. The van der Waals surface area contributed by atoms with E-state index in [1.165, 1.54) is 12.1 Å².